The number of hydrogen-bond acceptors (Lipinski definition) is 6. The van der Waals surface area contributed by atoms with Crippen LogP contribution in [0.3, 0.4) is 0 Å². The molecule has 4 aliphatic carbocycles. The van der Waals surface area contributed by atoms with Crippen LogP contribution in [0.2, 0.25) is 0 Å². The van der Waals surface area contributed by atoms with Gasteiger partial charge in [0.2, 0.25) is 0 Å². The molecule has 4 fully saturated rings. The number of nitro groups is 2. The van der Waals surface area contributed by atoms with Crippen LogP contribution in [0.1, 0.15) is 48.9 Å². The van der Waals surface area contributed by atoms with Crippen molar-refractivity contribution in [2.45, 2.75) is 44.1 Å². The number of rotatable bonds is 4. The maximum absolute atomic E-state index is 13.0. The topological polar surface area (TPSA) is 113 Å². The molecular weight excluding hydrogens is 352 g/mol. The Balaban J connectivity index is 1.50. The standard InChI is InChI=1S/C19H20N2O6/c22-18(12-7-15(20(23)24)9-16(8-12)21(25)26)27-19-13-3-1-10(5-13)17(19)11-2-4-14(19)6-11/h7-11,13-14,17H,1-6H2/t10-,11-,13-,14+,17?,19?/m1/s1. The van der Waals surface area contributed by atoms with Gasteiger partial charge in [0.05, 0.1) is 21.5 Å². The minimum absolute atomic E-state index is 0.102. The van der Waals surface area contributed by atoms with E-state index >= 15 is 0 Å². The number of hydrogen-bond donors (Lipinski definition) is 0. The van der Waals surface area contributed by atoms with Gasteiger partial charge in [0.1, 0.15) is 5.60 Å². The van der Waals surface area contributed by atoms with Crippen LogP contribution in [0.15, 0.2) is 18.2 Å². The van der Waals surface area contributed by atoms with E-state index < -0.39 is 32.8 Å². The van der Waals surface area contributed by atoms with Gasteiger partial charge in [-0.25, -0.2) is 4.79 Å². The van der Waals surface area contributed by atoms with Gasteiger partial charge in [0, 0.05) is 18.1 Å². The highest BCUT2D eigenvalue weighted by molar-refractivity contribution is 5.91. The predicted octanol–water partition coefficient (Wildman–Crippen LogP) is 3.87. The molecule has 6 atom stereocenters. The molecule has 5 rings (SSSR count). The highest BCUT2D eigenvalue weighted by Gasteiger charge is 2.71. The molecule has 142 valence electrons. The molecule has 0 spiro atoms. The Bertz CT molecular complexity index is 814. The summed E-state index contributed by atoms with van der Waals surface area (Å²) in [6, 6.07) is 3.04. The van der Waals surface area contributed by atoms with E-state index in [4.69, 9.17) is 4.74 Å². The fourth-order valence-corrected chi connectivity index (χ4v) is 6.88. The Labute approximate surface area is 155 Å². The van der Waals surface area contributed by atoms with Crippen molar-refractivity contribution in [1.29, 1.82) is 0 Å². The van der Waals surface area contributed by atoms with Crippen LogP contribution in [0.25, 0.3) is 0 Å². The van der Waals surface area contributed by atoms with Gasteiger partial charge in [-0.2, -0.15) is 0 Å². The van der Waals surface area contributed by atoms with Crippen LogP contribution in [0, 0.1) is 49.8 Å². The number of carbonyl (C=O) groups is 1. The van der Waals surface area contributed by atoms with Gasteiger partial charge in [0.25, 0.3) is 11.4 Å². The molecule has 27 heavy (non-hydrogen) atoms. The second kappa shape index (κ2) is 5.50. The van der Waals surface area contributed by atoms with Gasteiger partial charge >= 0.3 is 5.97 Å². The van der Waals surface area contributed by atoms with Crippen molar-refractivity contribution in [2.24, 2.45) is 29.6 Å². The summed E-state index contributed by atoms with van der Waals surface area (Å²) >= 11 is 0. The lowest BCUT2D eigenvalue weighted by molar-refractivity contribution is -0.394. The highest BCUT2D eigenvalue weighted by atomic mass is 16.6. The molecule has 8 heteroatoms. The van der Waals surface area contributed by atoms with Crippen LogP contribution in [-0.4, -0.2) is 21.4 Å². The van der Waals surface area contributed by atoms with E-state index in [9.17, 15) is 25.0 Å². The van der Waals surface area contributed by atoms with Crippen molar-refractivity contribution in [2.75, 3.05) is 0 Å². The van der Waals surface area contributed by atoms with Gasteiger partial charge in [-0.05, 0) is 62.2 Å². The molecule has 8 nitrogen and oxygen atoms in total. The van der Waals surface area contributed by atoms with Gasteiger partial charge in [-0.15, -0.1) is 0 Å². The molecule has 4 aliphatic rings. The molecule has 4 bridgehead atoms. The molecule has 4 saturated carbocycles. The molecule has 0 heterocycles. The fourth-order valence-electron chi connectivity index (χ4n) is 6.88. The Kier molecular flexibility index (Phi) is 3.39. The van der Waals surface area contributed by atoms with Gasteiger partial charge in [-0.3, -0.25) is 20.2 Å². The van der Waals surface area contributed by atoms with E-state index in [-0.39, 0.29) is 5.56 Å². The van der Waals surface area contributed by atoms with E-state index in [0.29, 0.717) is 29.6 Å². The van der Waals surface area contributed by atoms with Crippen LogP contribution < -0.4 is 0 Å². The normalized spacial score (nSPS) is 38.0. The van der Waals surface area contributed by atoms with Gasteiger partial charge in [0.15, 0.2) is 0 Å². The number of nitro benzene ring substituents is 2. The third-order valence-corrected chi connectivity index (χ3v) is 7.59. The molecule has 2 unspecified atom stereocenters. The number of non-ortho nitro benzene ring substituents is 2. The molecule has 0 saturated heterocycles. The largest absolute Gasteiger partial charge is 0.455 e. The number of fused-ring (bicyclic) bond motifs is 9. The van der Waals surface area contributed by atoms with Crippen molar-refractivity contribution < 1.29 is 19.4 Å². The third kappa shape index (κ3) is 2.18. The monoisotopic (exact) mass is 372 g/mol. The Morgan fingerprint density at radius 3 is 1.93 bits per heavy atom. The van der Waals surface area contributed by atoms with Crippen molar-refractivity contribution in [3.63, 3.8) is 0 Å². The van der Waals surface area contributed by atoms with Crippen LogP contribution >= 0.6 is 0 Å². The molecule has 0 N–H and O–H groups in total. The first kappa shape index (κ1) is 16.6. The van der Waals surface area contributed by atoms with Crippen molar-refractivity contribution >= 4 is 17.3 Å². The maximum atomic E-state index is 13.0. The number of esters is 1. The second-order valence-corrected chi connectivity index (χ2v) is 8.56. The Morgan fingerprint density at radius 1 is 0.926 bits per heavy atom. The first-order chi connectivity index (χ1) is 12.9. The number of nitrogens with zero attached hydrogens (tertiary/aromatic N) is 2. The van der Waals surface area contributed by atoms with Crippen LogP contribution in [-0.2, 0) is 4.74 Å². The van der Waals surface area contributed by atoms with Crippen molar-refractivity contribution in [3.8, 4) is 0 Å². The third-order valence-electron chi connectivity index (χ3n) is 7.59. The van der Waals surface area contributed by atoms with E-state index in [0.717, 1.165) is 43.9 Å². The summed E-state index contributed by atoms with van der Waals surface area (Å²) in [5, 5.41) is 22.2. The van der Waals surface area contributed by atoms with Crippen LogP contribution in [0.5, 0.6) is 0 Å². The number of carbonyl (C=O) groups excluding carboxylic acids is 1. The lowest BCUT2D eigenvalue weighted by Gasteiger charge is -2.46. The second-order valence-electron chi connectivity index (χ2n) is 8.56. The van der Waals surface area contributed by atoms with Crippen LogP contribution in [0.4, 0.5) is 11.4 Å². The smallest absolute Gasteiger partial charge is 0.339 e. The SMILES string of the molecule is O=C(OC12C([C@@H]3CC[C@@H]1C3)[C@@H]1CC[C@H]2C1)c1cc([N+](=O)[O-])cc([N+](=O)[O-])c1. The predicted molar refractivity (Wildman–Crippen MR) is 93.0 cm³/mol. The van der Waals surface area contributed by atoms with Gasteiger partial charge < -0.3 is 4.74 Å². The molecule has 0 radical (unpaired) electrons. The van der Waals surface area contributed by atoms with Crippen molar-refractivity contribution in [3.05, 3.63) is 44.0 Å². The van der Waals surface area contributed by atoms with E-state index in [1.54, 1.807) is 0 Å². The van der Waals surface area contributed by atoms with E-state index in [2.05, 4.69) is 0 Å². The average Bonchev–Trinajstić information content (AvgIpc) is 3.40. The summed E-state index contributed by atoms with van der Waals surface area (Å²) in [5.41, 5.74) is -1.49. The molecule has 0 aliphatic heterocycles. The van der Waals surface area contributed by atoms with E-state index in [1.807, 2.05) is 0 Å². The maximum Gasteiger partial charge on any atom is 0.339 e. The van der Waals surface area contributed by atoms with E-state index in [1.165, 1.54) is 12.8 Å². The molecule has 0 amide bonds. The summed E-state index contributed by atoms with van der Waals surface area (Å²) in [4.78, 5) is 33.8. The highest BCUT2D eigenvalue weighted by Crippen LogP contribution is 2.71. The Hall–Kier alpha value is -2.51. The minimum atomic E-state index is -0.722. The molecular formula is C19H20N2O6. The molecule has 0 aromatic heterocycles. The van der Waals surface area contributed by atoms with Gasteiger partial charge in [-0.1, -0.05) is 0 Å². The zero-order valence-corrected chi connectivity index (χ0v) is 14.7. The summed E-state index contributed by atoms with van der Waals surface area (Å²) in [6.07, 6.45) is 6.71. The lowest BCUT2D eigenvalue weighted by Crippen LogP contribution is -2.51. The first-order valence-corrected chi connectivity index (χ1v) is 9.57. The number of benzene rings is 1. The summed E-state index contributed by atoms with van der Waals surface area (Å²) in [5.74, 6) is 1.68. The average molecular weight is 372 g/mol. The summed E-state index contributed by atoms with van der Waals surface area (Å²) in [6.45, 7) is 0. The molecule has 1 aromatic carbocycles. The number of ether oxygens (including phenoxy) is 1. The fraction of sp³-hybridized carbons (Fsp3) is 0.632. The lowest BCUT2D eigenvalue weighted by atomic mass is 9.67. The summed E-state index contributed by atoms with van der Waals surface area (Å²) in [7, 11) is 0. The summed E-state index contributed by atoms with van der Waals surface area (Å²) < 4.78 is 6.16. The Morgan fingerprint density at radius 2 is 1.44 bits per heavy atom. The first-order valence-electron chi connectivity index (χ1n) is 9.57. The quantitative estimate of drug-likeness (QED) is 0.343. The zero-order chi connectivity index (χ0) is 18.9. The minimum Gasteiger partial charge on any atom is -0.455 e. The molecule has 1 aromatic rings. The van der Waals surface area contributed by atoms with Crippen molar-refractivity contribution in [1.82, 2.24) is 0 Å². The zero-order valence-electron chi connectivity index (χ0n) is 14.7.